The number of ether oxygens (including phenoxy) is 2. The molecule has 1 unspecified atom stereocenters. The van der Waals surface area contributed by atoms with Crippen molar-refractivity contribution < 1.29 is 18.7 Å². The van der Waals surface area contributed by atoms with Crippen LogP contribution in [0, 0.1) is 5.92 Å². The zero-order chi connectivity index (χ0) is 29.0. The van der Waals surface area contributed by atoms with Gasteiger partial charge in [0.25, 0.3) is 0 Å². The Balaban J connectivity index is 0.00000189. The van der Waals surface area contributed by atoms with Crippen molar-refractivity contribution in [2.45, 2.75) is 52.8 Å². The van der Waals surface area contributed by atoms with E-state index < -0.39 is 0 Å². The van der Waals surface area contributed by atoms with Crippen LogP contribution >= 0.6 is 0 Å². The van der Waals surface area contributed by atoms with Crippen molar-refractivity contribution in [2.24, 2.45) is 11.7 Å². The fraction of sp³-hybridized carbons (Fsp3) is 0.382. The molecule has 41 heavy (non-hydrogen) atoms. The van der Waals surface area contributed by atoms with Crippen LogP contribution < -0.4 is 21.1 Å². The second-order valence-corrected chi connectivity index (χ2v) is 10.2. The van der Waals surface area contributed by atoms with E-state index in [-0.39, 0.29) is 12.4 Å². The summed E-state index contributed by atoms with van der Waals surface area (Å²) in [5.74, 6) is 1.94. The van der Waals surface area contributed by atoms with Crippen molar-refractivity contribution in [3.05, 3.63) is 89.2 Å². The molecule has 0 amide bonds. The zero-order valence-corrected chi connectivity index (χ0v) is 24.5. The maximum atomic E-state index is 11.9. The number of hydrogen-bond acceptors (Lipinski definition) is 7. The van der Waals surface area contributed by atoms with E-state index >= 15 is 0 Å². The monoisotopic (exact) mass is 557 g/mol. The van der Waals surface area contributed by atoms with Crippen molar-refractivity contribution in [3.8, 4) is 16.9 Å². The van der Waals surface area contributed by atoms with Crippen LogP contribution in [0.2, 0.25) is 0 Å². The Kier molecular flexibility index (Phi) is 11.4. The zero-order valence-electron chi connectivity index (χ0n) is 24.5. The van der Waals surface area contributed by atoms with Crippen LogP contribution in [0.5, 0.6) is 5.75 Å². The van der Waals surface area contributed by atoms with E-state index in [4.69, 9.17) is 19.6 Å². The Morgan fingerprint density at radius 1 is 1.07 bits per heavy atom. The molecule has 0 saturated carbocycles. The minimum Gasteiger partial charge on any atom is -0.489 e. The number of nitrogens with one attached hydrogen (secondary N) is 2. The van der Waals surface area contributed by atoms with Crippen LogP contribution in [-0.2, 0) is 35.6 Å². The SMILES string of the molecule is CC.COC(=O)Cc1ccccc1OCc1cc(-c2cccc(CN)c2)c2oc(CNCC3CCCNC3)cc2c1. The molecule has 4 N–H and O–H groups in total. The summed E-state index contributed by atoms with van der Waals surface area (Å²) in [4.78, 5) is 11.9. The molecule has 1 aliphatic heterocycles. The Hall–Kier alpha value is -3.65. The quantitative estimate of drug-likeness (QED) is 0.196. The van der Waals surface area contributed by atoms with E-state index in [0.717, 1.165) is 64.2 Å². The van der Waals surface area contributed by atoms with Crippen LogP contribution in [0.15, 0.2) is 71.1 Å². The van der Waals surface area contributed by atoms with E-state index in [9.17, 15) is 4.79 Å². The van der Waals surface area contributed by atoms with E-state index in [2.05, 4.69) is 41.0 Å². The molecular formula is C34H43N3O4. The van der Waals surface area contributed by atoms with Crippen LogP contribution in [0.1, 0.15) is 49.1 Å². The number of carbonyl (C=O) groups is 1. The van der Waals surface area contributed by atoms with Gasteiger partial charge in [-0.05, 0) is 85.4 Å². The van der Waals surface area contributed by atoms with Crippen LogP contribution in [0.4, 0.5) is 0 Å². The summed E-state index contributed by atoms with van der Waals surface area (Å²) in [6.07, 6.45) is 2.66. The van der Waals surface area contributed by atoms with Gasteiger partial charge in [-0.2, -0.15) is 0 Å². The van der Waals surface area contributed by atoms with Crippen LogP contribution in [0.3, 0.4) is 0 Å². The van der Waals surface area contributed by atoms with Gasteiger partial charge in [0, 0.05) is 23.1 Å². The molecule has 1 aromatic heterocycles. The van der Waals surface area contributed by atoms with Gasteiger partial charge in [0.2, 0.25) is 0 Å². The molecule has 5 rings (SSSR count). The van der Waals surface area contributed by atoms with E-state index in [1.54, 1.807) is 0 Å². The molecule has 7 nitrogen and oxygen atoms in total. The number of rotatable bonds is 11. The van der Waals surface area contributed by atoms with Crippen LogP contribution in [-0.4, -0.2) is 32.7 Å². The third-order valence-electron chi connectivity index (χ3n) is 7.26. The molecule has 1 saturated heterocycles. The van der Waals surface area contributed by atoms with E-state index in [0.29, 0.717) is 31.4 Å². The average Bonchev–Trinajstić information content (AvgIpc) is 3.44. The van der Waals surface area contributed by atoms with Gasteiger partial charge in [0.1, 0.15) is 23.7 Å². The van der Waals surface area contributed by atoms with Gasteiger partial charge in [-0.25, -0.2) is 0 Å². The third kappa shape index (κ3) is 8.19. The highest BCUT2D eigenvalue weighted by molar-refractivity contribution is 5.93. The van der Waals surface area contributed by atoms with Crippen LogP contribution in [0.25, 0.3) is 22.1 Å². The van der Waals surface area contributed by atoms with Crippen molar-refractivity contribution >= 4 is 16.9 Å². The summed E-state index contributed by atoms with van der Waals surface area (Å²) in [5.41, 5.74) is 11.7. The molecule has 2 heterocycles. The number of carbonyl (C=O) groups excluding carboxylic acids is 1. The lowest BCUT2D eigenvalue weighted by molar-refractivity contribution is -0.139. The molecule has 218 valence electrons. The molecule has 0 aliphatic carbocycles. The van der Waals surface area contributed by atoms with E-state index in [1.165, 1.54) is 20.0 Å². The van der Waals surface area contributed by atoms with Crippen molar-refractivity contribution in [3.63, 3.8) is 0 Å². The van der Waals surface area contributed by atoms with Gasteiger partial charge in [0.05, 0.1) is 20.1 Å². The number of methoxy groups -OCH3 is 1. The highest BCUT2D eigenvalue weighted by Crippen LogP contribution is 2.34. The van der Waals surface area contributed by atoms with Gasteiger partial charge in [0.15, 0.2) is 0 Å². The molecule has 7 heteroatoms. The number of furan rings is 1. The standard InChI is InChI=1S/C32H37N3O4.C2H6/c1-37-31(36)16-26-8-2-3-10-30(26)38-21-24-13-27-15-28(20-35-19-23-7-5-11-34-18-23)39-32(27)29(14-24)25-9-4-6-22(12-25)17-33;1-2/h2-4,6,8-10,12-15,23,34-35H,5,7,11,16-21,33H2,1H3;1-2H3. The largest absolute Gasteiger partial charge is 0.489 e. The maximum absolute atomic E-state index is 11.9. The molecule has 1 fully saturated rings. The van der Waals surface area contributed by atoms with Gasteiger partial charge in [-0.1, -0.05) is 50.2 Å². The number of nitrogens with two attached hydrogens (primary N) is 1. The highest BCUT2D eigenvalue weighted by Gasteiger charge is 2.16. The first-order valence-corrected chi connectivity index (χ1v) is 14.7. The summed E-state index contributed by atoms with van der Waals surface area (Å²) < 4.78 is 17.5. The predicted molar refractivity (Wildman–Crippen MR) is 165 cm³/mol. The summed E-state index contributed by atoms with van der Waals surface area (Å²) >= 11 is 0. The lowest BCUT2D eigenvalue weighted by Crippen LogP contribution is -2.35. The van der Waals surface area contributed by atoms with Gasteiger partial charge in [-0.15, -0.1) is 0 Å². The third-order valence-corrected chi connectivity index (χ3v) is 7.26. The van der Waals surface area contributed by atoms with Crippen molar-refractivity contribution in [2.75, 3.05) is 26.7 Å². The van der Waals surface area contributed by atoms with E-state index in [1.807, 2.05) is 50.2 Å². The van der Waals surface area contributed by atoms with Crippen molar-refractivity contribution in [1.82, 2.24) is 10.6 Å². The summed E-state index contributed by atoms with van der Waals surface area (Å²) in [7, 11) is 1.39. The lowest BCUT2D eigenvalue weighted by Gasteiger charge is -2.22. The van der Waals surface area contributed by atoms with Gasteiger partial charge >= 0.3 is 5.97 Å². The first kappa shape index (κ1) is 30.3. The molecule has 0 spiro atoms. The Bertz CT molecular complexity index is 1410. The van der Waals surface area contributed by atoms with Gasteiger partial charge in [-0.3, -0.25) is 4.79 Å². The fourth-order valence-corrected chi connectivity index (χ4v) is 5.20. The number of benzene rings is 3. The molecule has 1 aliphatic rings. The first-order valence-electron chi connectivity index (χ1n) is 14.7. The fourth-order valence-electron chi connectivity index (χ4n) is 5.20. The maximum Gasteiger partial charge on any atom is 0.310 e. The average molecular weight is 558 g/mol. The molecule has 4 aromatic rings. The van der Waals surface area contributed by atoms with Gasteiger partial charge < -0.3 is 30.3 Å². The number of piperidine rings is 1. The molecule has 3 aromatic carbocycles. The highest BCUT2D eigenvalue weighted by atomic mass is 16.5. The minimum absolute atomic E-state index is 0.165. The number of esters is 1. The number of para-hydroxylation sites is 1. The second-order valence-electron chi connectivity index (χ2n) is 10.2. The molecule has 0 radical (unpaired) electrons. The van der Waals surface area contributed by atoms with Crippen molar-refractivity contribution in [1.29, 1.82) is 0 Å². The topological polar surface area (TPSA) is 98.8 Å². The molecule has 0 bridgehead atoms. The first-order chi connectivity index (χ1) is 20.1. The summed E-state index contributed by atoms with van der Waals surface area (Å²) in [5, 5.41) is 8.09. The minimum atomic E-state index is -0.297. The molecular weight excluding hydrogens is 514 g/mol. The molecule has 1 atom stereocenters. The Morgan fingerprint density at radius 3 is 2.71 bits per heavy atom. The smallest absolute Gasteiger partial charge is 0.310 e. The normalized spacial score (nSPS) is 14.8. The lowest BCUT2D eigenvalue weighted by atomic mass is 9.99. The predicted octanol–water partition coefficient (Wildman–Crippen LogP) is 5.97. The Labute approximate surface area is 243 Å². The number of fused-ring (bicyclic) bond motifs is 1. The summed E-state index contributed by atoms with van der Waals surface area (Å²) in [6, 6.07) is 22.2. The second kappa shape index (κ2) is 15.4. The summed E-state index contributed by atoms with van der Waals surface area (Å²) in [6.45, 7) is 8.67. The Morgan fingerprint density at radius 2 is 1.93 bits per heavy atom. The number of hydrogen-bond donors (Lipinski definition) is 3.